The zero-order valence-electron chi connectivity index (χ0n) is 11.6. The van der Waals surface area contributed by atoms with Gasteiger partial charge in [0.25, 0.3) is 0 Å². The minimum absolute atomic E-state index is 0.0723. The fraction of sp³-hybridized carbons (Fsp3) is 0.800. The molecule has 4 nitrogen and oxygen atoms in total. The minimum atomic E-state index is -0.285. The summed E-state index contributed by atoms with van der Waals surface area (Å²) in [5.41, 5.74) is 2.43. The lowest BCUT2D eigenvalue weighted by molar-refractivity contribution is -0.188. The third-order valence-electron chi connectivity index (χ3n) is 4.73. The van der Waals surface area contributed by atoms with E-state index < -0.39 is 0 Å². The van der Waals surface area contributed by atoms with Crippen LogP contribution >= 0.6 is 0 Å². The fourth-order valence-corrected chi connectivity index (χ4v) is 3.44. The summed E-state index contributed by atoms with van der Waals surface area (Å²) >= 11 is 0. The third kappa shape index (κ3) is 2.11. The SMILES string of the molecule is Cn1nc(C2CC2)cc1C1COC2(CCCCC2)O1. The zero-order valence-corrected chi connectivity index (χ0v) is 11.6. The van der Waals surface area contributed by atoms with Gasteiger partial charge in [0.15, 0.2) is 5.79 Å². The molecule has 2 heterocycles. The van der Waals surface area contributed by atoms with Crippen molar-refractivity contribution in [3.8, 4) is 0 Å². The van der Waals surface area contributed by atoms with Crippen LogP contribution in [0.4, 0.5) is 0 Å². The monoisotopic (exact) mass is 262 g/mol. The smallest absolute Gasteiger partial charge is 0.169 e. The summed E-state index contributed by atoms with van der Waals surface area (Å²) in [4.78, 5) is 0. The molecule has 2 aliphatic carbocycles. The highest BCUT2D eigenvalue weighted by Gasteiger charge is 2.43. The second kappa shape index (κ2) is 4.32. The van der Waals surface area contributed by atoms with E-state index in [0.29, 0.717) is 12.5 Å². The van der Waals surface area contributed by atoms with E-state index in [4.69, 9.17) is 9.47 Å². The summed E-state index contributed by atoms with van der Waals surface area (Å²) in [6, 6.07) is 2.23. The maximum Gasteiger partial charge on any atom is 0.169 e. The molecule has 1 unspecified atom stereocenters. The number of nitrogens with zero attached hydrogens (tertiary/aromatic N) is 2. The largest absolute Gasteiger partial charge is 0.347 e. The van der Waals surface area contributed by atoms with Gasteiger partial charge in [-0.15, -0.1) is 0 Å². The van der Waals surface area contributed by atoms with E-state index in [-0.39, 0.29) is 11.9 Å². The molecular weight excluding hydrogens is 240 g/mol. The van der Waals surface area contributed by atoms with Gasteiger partial charge in [-0.25, -0.2) is 0 Å². The molecule has 1 aromatic rings. The number of rotatable bonds is 2. The molecule has 3 aliphatic rings. The van der Waals surface area contributed by atoms with Crippen LogP contribution in [-0.4, -0.2) is 22.2 Å². The minimum Gasteiger partial charge on any atom is -0.347 e. The second-order valence-corrected chi connectivity index (χ2v) is 6.28. The molecule has 1 spiro atoms. The Morgan fingerprint density at radius 1 is 1.26 bits per heavy atom. The Bertz CT molecular complexity index is 472. The Kier molecular flexibility index (Phi) is 2.71. The lowest BCUT2D eigenvalue weighted by Crippen LogP contribution is -2.32. The summed E-state index contributed by atoms with van der Waals surface area (Å²) in [5.74, 6) is 0.415. The summed E-state index contributed by atoms with van der Waals surface area (Å²) in [5, 5.41) is 4.63. The van der Waals surface area contributed by atoms with Gasteiger partial charge in [0.1, 0.15) is 6.10 Å². The van der Waals surface area contributed by atoms with Gasteiger partial charge >= 0.3 is 0 Å². The first kappa shape index (κ1) is 11.9. The van der Waals surface area contributed by atoms with E-state index in [9.17, 15) is 0 Å². The third-order valence-corrected chi connectivity index (χ3v) is 4.73. The van der Waals surface area contributed by atoms with Gasteiger partial charge in [0, 0.05) is 25.8 Å². The van der Waals surface area contributed by atoms with E-state index in [1.165, 1.54) is 43.5 Å². The average Bonchev–Trinajstić information content (AvgIpc) is 3.10. The summed E-state index contributed by atoms with van der Waals surface area (Å²) < 4.78 is 14.3. The van der Waals surface area contributed by atoms with Crippen LogP contribution < -0.4 is 0 Å². The van der Waals surface area contributed by atoms with Gasteiger partial charge in [-0.2, -0.15) is 5.10 Å². The first-order valence-corrected chi connectivity index (χ1v) is 7.61. The Labute approximate surface area is 114 Å². The van der Waals surface area contributed by atoms with E-state index >= 15 is 0 Å². The van der Waals surface area contributed by atoms with E-state index in [1.807, 2.05) is 11.7 Å². The molecular formula is C15H22N2O2. The van der Waals surface area contributed by atoms with Crippen molar-refractivity contribution in [3.63, 3.8) is 0 Å². The molecule has 3 fully saturated rings. The number of aromatic nitrogens is 2. The number of hydrogen-bond donors (Lipinski definition) is 0. The fourth-order valence-electron chi connectivity index (χ4n) is 3.44. The molecule has 0 bridgehead atoms. The van der Waals surface area contributed by atoms with Crippen LogP contribution in [0.1, 0.15) is 68.4 Å². The Balaban J connectivity index is 1.53. The molecule has 4 heteroatoms. The van der Waals surface area contributed by atoms with Gasteiger partial charge in [0.2, 0.25) is 0 Å². The van der Waals surface area contributed by atoms with E-state index in [0.717, 1.165) is 12.8 Å². The molecule has 0 aromatic carbocycles. The highest BCUT2D eigenvalue weighted by Crippen LogP contribution is 2.44. The molecule has 104 valence electrons. The van der Waals surface area contributed by atoms with Crippen LogP contribution in [0.3, 0.4) is 0 Å². The van der Waals surface area contributed by atoms with Crippen LogP contribution in [0.5, 0.6) is 0 Å². The van der Waals surface area contributed by atoms with E-state index in [1.54, 1.807) is 0 Å². The normalized spacial score (nSPS) is 30.1. The van der Waals surface area contributed by atoms with Gasteiger partial charge in [-0.3, -0.25) is 4.68 Å². The van der Waals surface area contributed by atoms with Gasteiger partial charge < -0.3 is 9.47 Å². The molecule has 1 saturated heterocycles. The van der Waals surface area contributed by atoms with Crippen LogP contribution in [-0.2, 0) is 16.5 Å². The Morgan fingerprint density at radius 3 is 2.79 bits per heavy atom. The molecule has 0 amide bonds. The predicted molar refractivity (Wildman–Crippen MR) is 70.8 cm³/mol. The molecule has 4 rings (SSSR count). The van der Waals surface area contributed by atoms with Gasteiger partial charge in [-0.05, 0) is 31.7 Å². The molecule has 2 saturated carbocycles. The van der Waals surface area contributed by atoms with Crippen LogP contribution in [0, 0.1) is 0 Å². The molecule has 0 N–H and O–H groups in total. The van der Waals surface area contributed by atoms with Crippen molar-refractivity contribution in [2.75, 3.05) is 6.61 Å². The molecule has 1 aromatic heterocycles. The first-order chi connectivity index (χ1) is 9.26. The van der Waals surface area contributed by atoms with Crippen molar-refractivity contribution in [2.45, 2.75) is 62.8 Å². The Morgan fingerprint density at radius 2 is 2.05 bits per heavy atom. The molecule has 1 aliphatic heterocycles. The highest BCUT2D eigenvalue weighted by atomic mass is 16.7. The summed E-state index contributed by atoms with van der Waals surface area (Å²) in [6.45, 7) is 0.684. The predicted octanol–water partition coefficient (Wildman–Crippen LogP) is 3.05. The van der Waals surface area contributed by atoms with Crippen molar-refractivity contribution in [1.82, 2.24) is 9.78 Å². The van der Waals surface area contributed by atoms with Crippen LogP contribution in [0.2, 0.25) is 0 Å². The number of aryl methyl sites for hydroxylation is 1. The summed E-state index contributed by atoms with van der Waals surface area (Å²) in [6.07, 6.45) is 8.54. The van der Waals surface area contributed by atoms with Crippen LogP contribution in [0.25, 0.3) is 0 Å². The van der Waals surface area contributed by atoms with Crippen LogP contribution in [0.15, 0.2) is 6.07 Å². The van der Waals surface area contributed by atoms with Crippen molar-refractivity contribution < 1.29 is 9.47 Å². The lowest BCUT2D eigenvalue weighted by Gasteiger charge is -2.31. The first-order valence-electron chi connectivity index (χ1n) is 7.61. The van der Waals surface area contributed by atoms with E-state index in [2.05, 4.69) is 11.2 Å². The average molecular weight is 262 g/mol. The zero-order chi connectivity index (χ0) is 12.9. The summed E-state index contributed by atoms with van der Waals surface area (Å²) in [7, 11) is 2.02. The van der Waals surface area contributed by atoms with Crippen molar-refractivity contribution >= 4 is 0 Å². The quantitative estimate of drug-likeness (QED) is 0.822. The molecule has 0 radical (unpaired) electrons. The second-order valence-electron chi connectivity index (χ2n) is 6.28. The maximum absolute atomic E-state index is 6.29. The lowest BCUT2D eigenvalue weighted by atomic mass is 9.94. The van der Waals surface area contributed by atoms with Crippen molar-refractivity contribution in [3.05, 3.63) is 17.5 Å². The standard InChI is InChI=1S/C15H22N2O2/c1-17-13(9-12(16-17)11-5-6-11)14-10-18-15(19-14)7-3-2-4-8-15/h9,11,14H,2-8,10H2,1H3. The maximum atomic E-state index is 6.29. The number of hydrogen-bond acceptors (Lipinski definition) is 3. The number of ether oxygens (including phenoxy) is 2. The van der Waals surface area contributed by atoms with Crippen molar-refractivity contribution in [1.29, 1.82) is 0 Å². The Hall–Kier alpha value is -0.870. The molecule has 19 heavy (non-hydrogen) atoms. The topological polar surface area (TPSA) is 36.3 Å². The van der Waals surface area contributed by atoms with Gasteiger partial charge in [0.05, 0.1) is 18.0 Å². The molecule has 1 atom stereocenters. The van der Waals surface area contributed by atoms with Gasteiger partial charge in [-0.1, -0.05) is 6.42 Å². The van der Waals surface area contributed by atoms with Crippen molar-refractivity contribution in [2.24, 2.45) is 7.05 Å². The highest BCUT2D eigenvalue weighted by molar-refractivity contribution is 5.20.